The molecule has 0 aliphatic carbocycles. The summed E-state index contributed by atoms with van der Waals surface area (Å²) >= 11 is 1.72. The van der Waals surface area contributed by atoms with Crippen LogP contribution in [0.4, 0.5) is 0 Å². The van der Waals surface area contributed by atoms with Gasteiger partial charge in [-0.05, 0) is 19.8 Å². The molecular formula is C10H16N2OS. The zero-order chi connectivity index (χ0) is 9.80. The first-order valence-electron chi connectivity index (χ1n) is 5.07. The van der Waals surface area contributed by atoms with Crippen molar-refractivity contribution >= 4 is 11.3 Å². The third-order valence-electron chi connectivity index (χ3n) is 2.53. The molecule has 0 amide bonds. The Labute approximate surface area is 88.5 Å². The van der Waals surface area contributed by atoms with Gasteiger partial charge in [0.1, 0.15) is 0 Å². The molecule has 1 fully saturated rings. The maximum Gasteiger partial charge on any atom is 0.0798 e. The van der Waals surface area contributed by atoms with Gasteiger partial charge in [-0.15, -0.1) is 11.3 Å². The lowest BCUT2D eigenvalue weighted by molar-refractivity contribution is 0.110. The Balaban J connectivity index is 1.70. The van der Waals surface area contributed by atoms with Crippen molar-refractivity contribution in [1.82, 2.24) is 10.3 Å². The molecule has 1 aliphatic rings. The quantitative estimate of drug-likeness (QED) is 0.825. The summed E-state index contributed by atoms with van der Waals surface area (Å²) in [6.07, 6.45) is 2.85. The highest BCUT2D eigenvalue weighted by Gasteiger charge is 2.14. The fraction of sp³-hybridized carbons (Fsp3) is 0.700. The molecule has 1 aliphatic heterocycles. The van der Waals surface area contributed by atoms with E-state index in [1.807, 2.05) is 5.51 Å². The first-order chi connectivity index (χ1) is 6.86. The van der Waals surface area contributed by atoms with E-state index in [9.17, 15) is 0 Å². The van der Waals surface area contributed by atoms with Crippen LogP contribution < -0.4 is 5.32 Å². The van der Waals surface area contributed by atoms with Crippen molar-refractivity contribution in [3.05, 3.63) is 16.1 Å². The lowest BCUT2D eigenvalue weighted by Crippen LogP contribution is -2.25. The van der Waals surface area contributed by atoms with E-state index in [2.05, 4.69) is 17.2 Å². The van der Waals surface area contributed by atoms with E-state index in [4.69, 9.17) is 4.74 Å². The van der Waals surface area contributed by atoms with E-state index < -0.39 is 0 Å². The van der Waals surface area contributed by atoms with Crippen LogP contribution in [0.25, 0.3) is 0 Å². The molecule has 1 saturated heterocycles. The zero-order valence-corrected chi connectivity index (χ0v) is 9.27. The number of rotatable bonds is 4. The Hall–Kier alpha value is -0.450. The second kappa shape index (κ2) is 4.87. The molecule has 14 heavy (non-hydrogen) atoms. The van der Waals surface area contributed by atoms with Crippen LogP contribution in [0.5, 0.6) is 0 Å². The molecule has 1 aromatic heterocycles. The van der Waals surface area contributed by atoms with E-state index in [-0.39, 0.29) is 0 Å². The second-order valence-electron chi connectivity index (χ2n) is 3.63. The Morgan fingerprint density at radius 3 is 3.29 bits per heavy atom. The molecule has 0 radical (unpaired) electrons. The van der Waals surface area contributed by atoms with Gasteiger partial charge in [0.05, 0.1) is 17.3 Å². The number of hydrogen-bond donors (Lipinski definition) is 1. The third kappa shape index (κ3) is 2.53. The first kappa shape index (κ1) is 10.1. The van der Waals surface area contributed by atoms with Crippen molar-refractivity contribution in [2.45, 2.75) is 32.4 Å². The van der Waals surface area contributed by atoms with Gasteiger partial charge >= 0.3 is 0 Å². The third-order valence-corrected chi connectivity index (χ3v) is 3.46. The van der Waals surface area contributed by atoms with Gasteiger partial charge in [0, 0.05) is 24.6 Å². The maximum absolute atomic E-state index is 5.53. The molecule has 4 heteroatoms. The molecule has 3 nitrogen and oxygen atoms in total. The molecule has 2 heterocycles. The number of ether oxygens (including phenoxy) is 1. The highest BCUT2D eigenvalue weighted by Crippen LogP contribution is 2.13. The fourth-order valence-corrected chi connectivity index (χ4v) is 2.39. The van der Waals surface area contributed by atoms with Crippen LogP contribution in [0.1, 0.15) is 23.4 Å². The summed E-state index contributed by atoms with van der Waals surface area (Å²) in [6.45, 7) is 4.89. The summed E-state index contributed by atoms with van der Waals surface area (Å²) in [6, 6.07) is 0. The molecule has 0 bridgehead atoms. The van der Waals surface area contributed by atoms with Gasteiger partial charge in [-0.3, -0.25) is 0 Å². The fourth-order valence-electron chi connectivity index (χ4n) is 1.65. The van der Waals surface area contributed by atoms with Gasteiger partial charge in [0.15, 0.2) is 0 Å². The number of hydrogen-bond acceptors (Lipinski definition) is 4. The number of thiazole rings is 1. The zero-order valence-electron chi connectivity index (χ0n) is 8.45. The van der Waals surface area contributed by atoms with Gasteiger partial charge in [-0.1, -0.05) is 0 Å². The predicted molar refractivity (Wildman–Crippen MR) is 57.5 cm³/mol. The molecule has 1 atom stereocenters. The second-order valence-corrected chi connectivity index (χ2v) is 4.57. The maximum atomic E-state index is 5.53. The minimum atomic E-state index is 0.434. The molecule has 0 saturated carbocycles. The highest BCUT2D eigenvalue weighted by molar-refractivity contribution is 7.09. The van der Waals surface area contributed by atoms with Crippen molar-refractivity contribution in [3.63, 3.8) is 0 Å². The number of nitrogens with zero attached hydrogens (tertiary/aromatic N) is 1. The minimum absolute atomic E-state index is 0.434. The summed E-state index contributed by atoms with van der Waals surface area (Å²) in [5, 5.41) is 3.42. The molecule has 0 aromatic carbocycles. The van der Waals surface area contributed by atoms with Crippen molar-refractivity contribution < 1.29 is 4.74 Å². The van der Waals surface area contributed by atoms with Gasteiger partial charge in [0.2, 0.25) is 0 Å². The Bertz CT molecular complexity index is 281. The highest BCUT2D eigenvalue weighted by atomic mass is 32.1. The topological polar surface area (TPSA) is 34.2 Å². The van der Waals surface area contributed by atoms with E-state index in [1.54, 1.807) is 11.3 Å². The van der Waals surface area contributed by atoms with Crippen LogP contribution in [0.2, 0.25) is 0 Å². The van der Waals surface area contributed by atoms with E-state index in [0.717, 1.165) is 25.4 Å². The molecule has 0 unspecified atom stereocenters. The van der Waals surface area contributed by atoms with Crippen molar-refractivity contribution in [3.8, 4) is 0 Å². The summed E-state index contributed by atoms with van der Waals surface area (Å²) in [7, 11) is 0. The van der Waals surface area contributed by atoms with E-state index in [0.29, 0.717) is 6.10 Å². The SMILES string of the molecule is Cc1ncsc1CNC[C@H]1CCCO1. The molecular weight excluding hydrogens is 196 g/mol. The van der Waals surface area contributed by atoms with Gasteiger partial charge in [0.25, 0.3) is 0 Å². The summed E-state index contributed by atoms with van der Waals surface area (Å²) < 4.78 is 5.53. The van der Waals surface area contributed by atoms with E-state index in [1.165, 1.54) is 17.7 Å². The van der Waals surface area contributed by atoms with Gasteiger partial charge < -0.3 is 10.1 Å². The Morgan fingerprint density at radius 2 is 2.64 bits per heavy atom. The number of aryl methyl sites for hydroxylation is 1. The average Bonchev–Trinajstić information content (AvgIpc) is 2.78. The summed E-state index contributed by atoms with van der Waals surface area (Å²) in [5.74, 6) is 0. The van der Waals surface area contributed by atoms with Crippen LogP contribution in [0.3, 0.4) is 0 Å². The number of aromatic nitrogens is 1. The summed E-state index contributed by atoms with van der Waals surface area (Å²) in [5.41, 5.74) is 3.05. The molecule has 1 N–H and O–H groups in total. The van der Waals surface area contributed by atoms with Crippen LogP contribution >= 0.6 is 11.3 Å². The van der Waals surface area contributed by atoms with Crippen molar-refractivity contribution in [2.75, 3.05) is 13.2 Å². The van der Waals surface area contributed by atoms with Crippen LogP contribution in [0.15, 0.2) is 5.51 Å². The lowest BCUT2D eigenvalue weighted by atomic mass is 10.2. The molecule has 2 rings (SSSR count). The largest absolute Gasteiger partial charge is 0.377 e. The standard InChI is InChI=1S/C10H16N2OS/c1-8-10(14-7-12-8)6-11-5-9-3-2-4-13-9/h7,9,11H,2-6H2,1H3/t9-/m1/s1. The molecule has 1 aromatic rings. The monoisotopic (exact) mass is 212 g/mol. The van der Waals surface area contributed by atoms with Gasteiger partial charge in [-0.25, -0.2) is 4.98 Å². The van der Waals surface area contributed by atoms with Crippen LogP contribution in [-0.2, 0) is 11.3 Å². The minimum Gasteiger partial charge on any atom is -0.377 e. The Morgan fingerprint density at radius 1 is 1.71 bits per heavy atom. The smallest absolute Gasteiger partial charge is 0.0798 e. The lowest BCUT2D eigenvalue weighted by Gasteiger charge is -2.09. The summed E-state index contributed by atoms with van der Waals surface area (Å²) in [4.78, 5) is 5.55. The van der Waals surface area contributed by atoms with Gasteiger partial charge in [-0.2, -0.15) is 0 Å². The number of nitrogens with one attached hydrogen (secondary N) is 1. The van der Waals surface area contributed by atoms with Crippen LogP contribution in [-0.4, -0.2) is 24.2 Å². The predicted octanol–water partition coefficient (Wildman–Crippen LogP) is 1.72. The molecule has 0 spiro atoms. The van der Waals surface area contributed by atoms with Crippen LogP contribution in [0, 0.1) is 6.92 Å². The van der Waals surface area contributed by atoms with E-state index >= 15 is 0 Å². The average molecular weight is 212 g/mol. The Kier molecular flexibility index (Phi) is 3.50. The van der Waals surface area contributed by atoms with Crippen molar-refractivity contribution in [1.29, 1.82) is 0 Å². The molecule has 78 valence electrons. The first-order valence-corrected chi connectivity index (χ1v) is 5.95. The van der Waals surface area contributed by atoms with Crippen molar-refractivity contribution in [2.24, 2.45) is 0 Å². The normalized spacial score (nSPS) is 21.6.